The van der Waals surface area contributed by atoms with Gasteiger partial charge in [0.2, 0.25) is 0 Å². The molecule has 4 heteroatoms. The van der Waals surface area contributed by atoms with Crippen molar-refractivity contribution in [1.29, 1.82) is 0 Å². The second-order valence-corrected chi connectivity index (χ2v) is 7.80. The lowest BCUT2D eigenvalue weighted by Gasteiger charge is -2.31. The summed E-state index contributed by atoms with van der Waals surface area (Å²) in [5, 5.41) is 9.95. The van der Waals surface area contributed by atoms with Gasteiger partial charge in [0.15, 0.2) is 0 Å². The van der Waals surface area contributed by atoms with E-state index in [0.717, 1.165) is 37.5 Å². The maximum Gasteiger partial charge on any atom is 0.0558 e. The molecule has 0 amide bonds. The molecule has 0 bridgehead atoms. The highest BCUT2D eigenvalue weighted by Gasteiger charge is 2.25. The lowest BCUT2D eigenvalue weighted by molar-refractivity contribution is 0.187. The van der Waals surface area contributed by atoms with Gasteiger partial charge in [-0.05, 0) is 53.8 Å². The summed E-state index contributed by atoms with van der Waals surface area (Å²) < 4.78 is 0. The third-order valence-corrected chi connectivity index (χ3v) is 6.20. The minimum atomic E-state index is 0.240. The highest BCUT2D eigenvalue weighted by molar-refractivity contribution is 7.99. The Morgan fingerprint density at radius 3 is 2.54 bits per heavy atom. The van der Waals surface area contributed by atoms with Crippen molar-refractivity contribution >= 4 is 28.9 Å². The van der Waals surface area contributed by atoms with Gasteiger partial charge < -0.3 is 10.0 Å². The molecule has 2 aromatic carbocycles. The van der Waals surface area contributed by atoms with Crippen LogP contribution in [0.4, 0.5) is 0 Å². The minimum Gasteiger partial charge on any atom is -0.395 e. The summed E-state index contributed by atoms with van der Waals surface area (Å²) in [6.45, 7) is 3.05. The summed E-state index contributed by atoms with van der Waals surface area (Å²) in [5.41, 5.74) is 5.51. The maximum absolute atomic E-state index is 9.15. The van der Waals surface area contributed by atoms with E-state index in [4.69, 9.17) is 16.7 Å². The molecule has 1 fully saturated rings. The highest BCUT2D eigenvalue weighted by atomic mass is 35.5. The van der Waals surface area contributed by atoms with Gasteiger partial charge in [0.1, 0.15) is 0 Å². The number of aliphatic hydroxyl groups excluding tert-OH is 1. The van der Waals surface area contributed by atoms with Crippen LogP contribution in [0.1, 0.15) is 24.0 Å². The fraction of sp³-hybridized carbons (Fsp3) is 0.300. The van der Waals surface area contributed by atoms with Crippen LogP contribution in [0, 0.1) is 0 Å². The van der Waals surface area contributed by atoms with Crippen molar-refractivity contribution in [1.82, 2.24) is 4.90 Å². The Labute approximate surface area is 152 Å². The molecule has 0 atom stereocenters. The summed E-state index contributed by atoms with van der Waals surface area (Å²) in [5.74, 6) is 0. The number of fused-ring (bicyclic) bond motifs is 2. The van der Waals surface area contributed by atoms with Crippen molar-refractivity contribution < 1.29 is 5.11 Å². The first-order valence-electron chi connectivity index (χ1n) is 8.38. The highest BCUT2D eigenvalue weighted by Crippen LogP contribution is 2.48. The van der Waals surface area contributed by atoms with Gasteiger partial charge in [-0.3, -0.25) is 0 Å². The number of likely N-dealkylation sites (tertiary alicyclic amines) is 1. The fourth-order valence-electron chi connectivity index (χ4n) is 3.63. The summed E-state index contributed by atoms with van der Waals surface area (Å²) in [6.07, 6.45) is 2.11. The summed E-state index contributed by atoms with van der Waals surface area (Å²) in [7, 11) is 0. The van der Waals surface area contributed by atoms with Gasteiger partial charge in [-0.2, -0.15) is 0 Å². The van der Waals surface area contributed by atoms with Crippen LogP contribution in [0.3, 0.4) is 0 Å². The van der Waals surface area contributed by atoms with Crippen LogP contribution in [-0.2, 0) is 0 Å². The molecule has 0 radical (unpaired) electrons. The molecule has 2 aliphatic rings. The Kier molecular flexibility index (Phi) is 4.68. The molecule has 0 spiro atoms. The van der Waals surface area contributed by atoms with Crippen molar-refractivity contribution in [2.45, 2.75) is 22.6 Å². The number of aliphatic hydroxyl groups is 1. The van der Waals surface area contributed by atoms with Crippen molar-refractivity contribution in [3.8, 4) is 0 Å². The number of hydrogen-bond donors (Lipinski definition) is 1. The van der Waals surface area contributed by atoms with Gasteiger partial charge in [0.05, 0.1) is 6.61 Å². The molecule has 0 saturated carbocycles. The van der Waals surface area contributed by atoms with Gasteiger partial charge in [-0.25, -0.2) is 0 Å². The minimum absolute atomic E-state index is 0.240. The zero-order valence-electron chi connectivity index (χ0n) is 13.5. The van der Waals surface area contributed by atoms with E-state index in [2.05, 4.69) is 41.3 Å². The Morgan fingerprint density at radius 2 is 1.75 bits per heavy atom. The first-order chi connectivity index (χ1) is 11.8. The number of halogens is 1. The number of piperidine rings is 1. The maximum atomic E-state index is 9.15. The van der Waals surface area contributed by atoms with Gasteiger partial charge >= 0.3 is 0 Å². The van der Waals surface area contributed by atoms with Gasteiger partial charge in [0.25, 0.3) is 0 Å². The molecule has 24 heavy (non-hydrogen) atoms. The molecule has 0 aromatic heterocycles. The van der Waals surface area contributed by atoms with E-state index in [1.807, 2.05) is 17.8 Å². The lowest BCUT2D eigenvalue weighted by Crippen LogP contribution is -2.33. The van der Waals surface area contributed by atoms with Gasteiger partial charge in [-0.1, -0.05) is 47.1 Å². The Balaban J connectivity index is 1.80. The van der Waals surface area contributed by atoms with Gasteiger partial charge in [0, 0.05) is 34.4 Å². The number of β-amino-alcohol motifs (C(OH)–C–C–N with tert-alkyl or cyclic N) is 1. The number of nitrogens with zero attached hydrogens (tertiary/aromatic N) is 1. The fourth-order valence-corrected chi connectivity index (χ4v) is 4.87. The number of rotatable bonds is 2. The van der Waals surface area contributed by atoms with E-state index in [0.29, 0.717) is 0 Å². The normalized spacial score (nSPS) is 17.6. The van der Waals surface area contributed by atoms with E-state index < -0.39 is 0 Å². The summed E-state index contributed by atoms with van der Waals surface area (Å²) in [6, 6.07) is 14.9. The smallest absolute Gasteiger partial charge is 0.0558 e. The molecule has 124 valence electrons. The van der Waals surface area contributed by atoms with Crippen LogP contribution in [0.25, 0.3) is 5.57 Å². The van der Waals surface area contributed by atoms with Crippen molar-refractivity contribution in [3.05, 3.63) is 64.2 Å². The first-order valence-corrected chi connectivity index (χ1v) is 9.58. The standard InChI is InChI=1S/C20H20ClNOS/c21-15-5-6-19-17(13-15)20(16-3-1-2-4-18(16)24-19)14-7-9-22(10-8-14)11-12-23/h1-6,13,23H,7-12H2. The third kappa shape index (κ3) is 3.02. The lowest BCUT2D eigenvalue weighted by atomic mass is 9.88. The molecule has 2 aromatic rings. The van der Waals surface area contributed by atoms with E-state index in [-0.39, 0.29) is 6.61 Å². The second-order valence-electron chi connectivity index (χ2n) is 6.28. The Morgan fingerprint density at radius 1 is 1.00 bits per heavy atom. The molecule has 2 aliphatic heterocycles. The molecule has 2 nitrogen and oxygen atoms in total. The average Bonchev–Trinajstić information content (AvgIpc) is 2.61. The molecular formula is C20H20ClNOS. The van der Waals surface area contributed by atoms with Crippen LogP contribution < -0.4 is 0 Å². The van der Waals surface area contributed by atoms with E-state index in [1.54, 1.807) is 0 Å². The zero-order valence-corrected chi connectivity index (χ0v) is 15.0. The predicted molar refractivity (Wildman–Crippen MR) is 101 cm³/mol. The summed E-state index contributed by atoms with van der Waals surface area (Å²) in [4.78, 5) is 4.96. The molecule has 1 saturated heterocycles. The second kappa shape index (κ2) is 6.93. The number of hydrogen-bond acceptors (Lipinski definition) is 3. The Hall–Kier alpha value is -1.26. The molecule has 2 heterocycles. The first kappa shape index (κ1) is 16.2. The van der Waals surface area contributed by atoms with Crippen LogP contribution in [0.5, 0.6) is 0 Å². The molecule has 1 N–H and O–H groups in total. The summed E-state index contributed by atoms with van der Waals surface area (Å²) >= 11 is 8.14. The molecule has 4 rings (SSSR count). The van der Waals surface area contributed by atoms with Crippen LogP contribution >= 0.6 is 23.4 Å². The molecule has 0 unspecified atom stereocenters. The quantitative estimate of drug-likeness (QED) is 0.719. The van der Waals surface area contributed by atoms with Crippen molar-refractivity contribution in [3.63, 3.8) is 0 Å². The van der Waals surface area contributed by atoms with Crippen LogP contribution in [-0.4, -0.2) is 36.2 Å². The topological polar surface area (TPSA) is 23.5 Å². The monoisotopic (exact) mass is 357 g/mol. The van der Waals surface area contributed by atoms with Crippen LogP contribution in [0.2, 0.25) is 5.02 Å². The van der Waals surface area contributed by atoms with Crippen molar-refractivity contribution in [2.24, 2.45) is 0 Å². The predicted octanol–water partition coefficient (Wildman–Crippen LogP) is 4.69. The van der Waals surface area contributed by atoms with E-state index in [1.165, 1.54) is 32.1 Å². The molecular weight excluding hydrogens is 338 g/mol. The van der Waals surface area contributed by atoms with E-state index in [9.17, 15) is 0 Å². The van der Waals surface area contributed by atoms with Gasteiger partial charge in [-0.15, -0.1) is 0 Å². The number of benzene rings is 2. The van der Waals surface area contributed by atoms with Crippen LogP contribution in [0.15, 0.2) is 57.8 Å². The Bertz CT molecular complexity index is 792. The SMILES string of the molecule is OCCN1CCC(=C2c3ccccc3Sc3ccc(Cl)cc32)CC1. The largest absolute Gasteiger partial charge is 0.395 e. The average molecular weight is 358 g/mol. The molecule has 0 aliphatic carbocycles. The van der Waals surface area contributed by atoms with E-state index >= 15 is 0 Å². The zero-order chi connectivity index (χ0) is 16.5. The third-order valence-electron chi connectivity index (χ3n) is 4.82. The van der Waals surface area contributed by atoms with Crippen molar-refractivity contribution in [2.75, 3.05) is 26.2 Å².